The number of ether oxygens (including phenoxy) is 1. The Bertz CT molecular complexity index is 474. The van der Waals surface area contributed by atoms with Gasteiger partial charge in [0, 0.05) is 12.3 Å². The van der Waals surface area contributed by atoms with Crippen LogP contribution in [0.4, 0.5) is 10.2 Å². The van der Waals surface area contributed by atoms with Gasteiger partial charge in [0.25, 0.3) is 0 Å². The third kappa shape index (κ3) is 2.22. The highest BCUT2D eigenvalue weighted by Gasteiger charge is 2.02. The number of hydrogen-bond acceptors (Lipinski definition) is 3. The van der Waals surface area contributed by atoms with Crippen LogP contribution in [0.25, 0.3) is 0 Å². The predicted octanol–water partition coefficient (Wildman–Crippen LogP) is 2.60. The van der Waals surface area contributed by atoms with Crippen LogP contribution in [0.1, 0.15) is 0 Å². The summed E-state index contributed by atoms with van der Waals surface area (Å²) in [6, 6.07) is 9.22. The molecule has 2 rings (SSSR count). The van der Waals surface area contributed by atoms with E-state index in [1.54, 1.807) is 30.5 Å². The molecule has 0 bridgehead atoms. The van der Waals surface area contributed by atoms with Gasteiger partial charge in [-0.15, -0.1) is 0 Å². The van der Waals surface area contributed by atoms with Crippen LogP contribution < -0.4 is 10.5 Å². The maximum atomic E-state index is 12.8. The van der Waals surface area contributed by atoms with Gasteiger partial charge in [-0.1, -0.05) is 6.07 Å². The van der Waals surface area contributed by atoms with E-state index in [1.807, 2.05) is 0 Å². The number of anilines is 1. The van der Waals surface area contributed by atoms with Gasteiger partial charge in [-0.3, -0.25) is 0 Å². The van der Waals surface area contributed by atoms with Crippen molar-refractivity contribution in [3.8, 4) is 11.5 Å². The van der Waals surface area contributed by atoms with Crippen LogP contribution in [-0.2, 0) is 0 Å². The Labute approximate surface area is 86.3 Å². The fraction of sp³-hybridized carbons (Fsp3) is 0. The topological polar surface area (TPSA) is 48.1 Å². The van der Waals surface area contributed by atoms with Crippen molar-refractivity contribution in [3.63, 3.8) is 0 Å². The van der Waals surface area contributed by atoms with E-state index in [1.165, 1.54) is 12.1 Å². The predicted molar refractivity (Wildman–Crippen MR) is 55.1 cm³/mol. The van der Waals surface area contributed by atoms with Gasteiger partial charge >= 0.3 is 0 Å². The van der Waals surface area contributed by atoms with Gasteiger partial charge < -0.3 is 10.5 Å². The summed E-state index contributed by atoms with van der Waals surface area (Å²) in [5.41, 5.74) is 5.58. The van der Waals surface area contributed by atoms with E-state index < -0.39 is 0 Å². The van der Waals surface area contributed by atoms with Crippen molar-refractivity contribution < 1.29 is 9.13 Å². The van der Waals surface area contributed by atoms with Crippen LogP contribution in [0, 0.1) is 5.82 Å². The van der Waals surface area contributed by atoms with E-state index >= 15 is 0 Å². The van der Waals surface area contributed by atoms with Crippen molar-refractivity contribution in [1.82, 2.24) is 4.98 Å². The Morgan fingerprint density at radius 2 is 2.07 bits per heavy atom. The Hall–Kier alpha value is -2.10. The summed E-state index contributed by atoms with van der Waals surface area (Å²) in [7, 11) is 0. The molecule has 1 heterocycles. The summed E-state index contributed by atoms with van der Waals surface area (Å²) in [5, 5.41) is 0. The summed E-state index contributed by atoms with van der Waals surface area (Å²) >= 11 is 0. The minimum absolute atomic E-state index is 0.279. The summed E-state index contributed by atoms with van der Waals surface area (Å²) in [5.74, 6) is 0.745. The molecule has 0 aliphatic rings. The number of nitrogens with two attached hydrogens (primary N) is 1. The van der Waals surface area contributed by atoms with E-state index in [9.17, 15) is 4.39 Å². The molecule has 0 saturated carbocycles. The van der Waals surface area contributed by atoms with E-state index in [4.69, 9.17) is 10.5 Å². The molecule has 2 aromatic rings. The molecule has 4 heteroatoms. The van der Waals surface area contributed by atoms with E-state index in [-0.39, 0.29) is 11.6 Å². The third-order valence-corrected chi connectivity index (χ3v) is 1.82. The molecule has 3 nitrogen and oxygen atoms in total. The van der Waals surface area contributed by atoms with Crippen molar-refractivity contribution in [2.24, 2.45) is 0 Å². The number of rotatable bonds is 2. The Morgan fingerprint density at radius 1 is 1.20 bits per heavy atom. The molecule has 1 aromatic heterocycles. The second-order valence-corrected chi connectivity index (χ2v) is 2.95. The molecule has 0 unspecified atom stereocenters. The Morgan fingerprint density at radius 3 is 2.80 bits per heavy atom. The first kappa shape index (κ1) is 9.45. The molecule has 15 heavy (non-hydrogen) atoms. The second-order valence-electron chi connectivity index (χ2n) is 2.95. The smallest absolute Gasteiger partial charge is 0.169 e. The first-order valence-corrected chi connectivity index (χ1v) is 4.39. The van der Waals surface area contributed by atoms with Gasteiger partial charge in [0.15, 0.2) is 11.6 Å². The Kier molecular flexibility index (Phi) is 2.49. The quantitative estimate of drug-likeness (QED) is 0.817. The van der Waals surface area contributed by atoms with Crippen molar-refractivity contribution in [3.05, 3.63) is 48.4 Å². The third-order valence-electron chi connectivity index (χ3n) is 1.82. The van der Waals surface area contributed by atoms with Gasteiger partial charge in [-0.2, -0.15) is 0 Å². The van der Waals surface area contributed by atoms with Crippen LogP contribution in [-0.4, -0.2) is 4.98 Å². The van der Waals surface area contributed by atoms with Crippen molar-refractivity contribution in [1.29, 1.82) is 0 Å². The van der Waals surface area contributed by atoms with Crippen molar-refractivity contribution in [2.45, 2.75) is 0 Å². The first-order chi connectivity index (χ1) is 7.25. The molecule has 0 aliphatic carbocycles. The number of nitrogens with zero attached hydrogens (tertiary/aromatic N) is 1. The molecule has 1 aromatic carbocycles. The summed E-state index contributed by atoms with van der Waals surface area (Å²) in [4.78, 5) is 3.86. The highest BCUT2D eigenvalue weighted by Crippen LogP contribution is 2.25. The molecule has 0 aliphatic heterocycles. The highest BCUT2D eigenvalue weighted by atomic mass is 19.1. The molecule has 76 valence electrons. The summed E-state index contributed by atoms with van der Waals surface area (Å²) in [6.07, 6.45) is 1.56. The van der Waals surface area contributed by atoms with Crippen molar-refractivity contribution in [2.75, 3.05) is 5.73 Å². The van der Waals surface area contributed by atoms with E-state index in [0.29, 0.717) is 11.5 Å². The number of nitrogen functional groups attached to an aromatic ring is 1. The maximum Gasteiger partial charge on any atom is 0.169 e. The standard InChI is InChI=1S/C11H9FN2O/c12-8-3-1-4-9(7-8)15-10-5-2-6-14-11(10)13/h1-7H,(H2,13,14). The monoisotopic (exact) mass is 204 g/mol. The molecule has 0 radical (unpaired) electrons. The Balaban J connectivity index is 2.26. The lowest BCUT2D eigenvalue weighted by molar-refractivity contribution is 0.477. The second kappa shape index (κ2) is 3.96. The molecular weight excluding hydrogens is 195 g/mol. The van der Waals surface area contributed by atoms with Gasteiger partial charge in [-0.05, 0) is 24.3 Å². The van der Waals surface area contributed by atoms with Crippen LogP contribution in [0.2, 0.25) is 0 Å². The number of halogens is 1. The molecule has 0 amide bonds. The van der Waals surface area contributed by atoms with Gasteiger partial charge in [-0.25, -0.2) is 9.37 Å². The molecule has 0 fully saturated rings. The zero-order valence-electron chi connectivity index (χ0n) is 7.85. The van der Waals surface area contributed by atoms with Crippen LogP contribution in [0.15, 0.2) is 42.6 Å². The zero-order chi connectivity index (χ0) is 10.7. The first-order valence-electron chi connectivity index (χ1n) is 4.39. The molecular formula is C11H9FN2O. The van der Waals surface area contributed by atoms with Crippen LogP contribution >= 0.6 is 0 Å². The molecule has 0 atom stereocenters. The maximum absolute atomic E-state index is 12.8. The van der Waals surface area contributed by atoms with E-state index in [0.717, 1.165) is 0 Å². The van der Waals surface area contributed by atoms with Gasteiger partial charge in [0.2, 0.25) is 0 Å². The lowest BCUT2D eigenvalue weighted by Crippen LogP contribution is -1.94. The molecule has 2 N–H and O–H groups in total. The highest BCUT2D eigenvalue weighted by molar-refractivity contribution is 5.47. The minimum atomic E-state index is -0.352. The van der Waals surface area contributed by atoms with Crippen LogP contribution in [0.5, 0.6) is 11.5 Å². The number of benzene rings is 1. The van der Waals surface area contributed by atoms with Crippen LogP contribution in [0.3, 0.4) is 0 Å². The largest absolute Gasteiger partial charge is 0.453 e. The minimum Gasteiger partial charge on any atom is -0.453 e. The molecule has 0 saturated heterocycles. The summed E-state index contributed by atoms with van der Waals surface area (Å²) < 4.78 is 18.2. The number of aromatic nitrogens is 1. The number of hydrogen-bond donors (Lipinski definition) is 1. The molecule has 0 spiro atoms. The average Bonchev–Trinajstić information content (AvgIpc) is 2.22. The fourth-order valence-corrected chi connectivity index (χ4v) is 1.15. The van der Waals surface area contributed by atoms with Crippen molar-refractivity contribution >= 4 is 5.82 Å². The van der Waals surface area contributed by atoms with Gasteiger partial charge in [0.1, 0.15) is 11.6 Å². The fourth-order valence-electron chi connectivity index (χ4n) is 1.15. The number of pyridine rings is 1. The van der Waals surface area contributed by atoms with E-state index in [2.05, 4.69) is 4.98 Å². The average molecular weight is 204 g/mol. The normalized spacial score (nSPS) is 9.93. The lowest BCUT2D eigenvalue weighted by atomic mass is 10.3. The van der Waals surface area contributed by atoms with Gasteiger partial charge in [0.05, 0.1) is 0 Å². The summed E-state index contributed by atoms with van der Waals surface area (Å²) in [6.45, 7) is 0. The lowest BCUT2D eigenvalue weighted by Gasteiger charge is -2.06. The SMILES string of the molecule is Nc1ncccc1Oc1cccc(F)c1. The zero-order valence-corrected chi connectivity index (χ0v) is 7.85.